The number of ether oxygens (including phenoxy) is 4. The number of benzene rings is 1. The van der Waals surface area contributed by atoms with Gasteiger partial charge in [0, 0.05) is 25.9 Å². The van der Waals surface area contributed by atoms with Crippen LogP contribution >= 0.6 is 0 Å². The molecule has 0 aromatic heterocycles. The first-order valence-corrected chi connectivity index (χ1v) is 19.2. The van der Waals surface area contributed by atoms with Crippen molar-refractivity contribution in [3.63, 3.8) is 0 Å². The van der Waals surface area contributed by atoms with Crippen molar-refractivity contribution in [3.8, 4) is 0 Å². The zero-order valence-corrected chi connectivity index (χ0v) is 31.4. The second-order valence-electron chi connectivity index (χ2n) is 14.7. The van der Waals surface area contributed by atoms with Gasteiger partial charge in [0.15, 0.2) is 0 Å². The highest BCUT2D eigenvalue weighted by molar-refractivity contribution is 5.70. The number of rotatable bonds is 31. The third-order valence-electron chi connectivity index (χ3n) is 9.03. The predicted molar refractivity (Wildman–Crippen MR) is 194 cm³/mol. The minimum atomic E-state index is -0.568. The van der Waals surface area contributed by atoms with E-state index in [2.05, 4.69) is 39.8 Å². The second-order valence-corrected chi connectivity index (χ2v) is 14.7. The molecule has 1 atom stereocenters. The van der Waals surface area contributed by atoms with Gasteiger partial charge in [-0.2, -0.15) is 0 Å². The monoisotopic (exact) mass is 661 g/mol. The Hall–Kier alpha value is -1.92. The van der Waals surface area contributed by atoms with E-state index in [-0.39, 0.29) is 17.5 Å². The third-order valence-corrected chi connectivity index (χ3v) is 9.03. The molecule has 6 nitrogen and oxygen atoms in total. The van der Waals surface area contributed by atoms with Gasteiger partial charge in [-0.05, 0) is 64.9 Å². The summed E-state index contributed by atoms with van der Waals surface area (Å²) in [6.45, 7) is 14.9. The van der Waals surface area contributed by atoms with E-state index in [1.165, 1.54) is 69.8 Å². The van der Waals surface area contributed by atoms with Gasteiger partial charge in [-0.15, -0.1) is 0 Å². The van der Waals surface area contributed by atoms with Crippen LogP contribution < -0.4 is 0 Å². The molecule has 6 heteroatoms. The van der Waals surface area contributed by atoms with Crippen LogP contribution in [0.2, 0.25) is 0 Å². The van der Waals surface area contributed by atoms with Crippen LogP contribution in [0.5, 0.6) is 0 Å². The van der Waals surface area contributed by atoms with Crippen molar-refractivity contribution < 1.29 is 28.5 Å². The molecule has 1 rings (SSSR count). The van der Waals surface area contributed by atoms with Crippen molar-refractivity contribution in [2.45, 2.75) is 188 Å². The summed E-state index contributed by atoms with van der Waals surface area (Å²) in [7, 11) is 0. The average Bonchev–Trinajstić information content (AvgIpc) is 3.02. The predicted octanol–water partition coefficient (Wildman–Crippen LogP) is 11.3. The van der Waals surface area contributed by atoms with E-state index in [0.29, 0.717) is 51.6 Å². The Morgan fingerprint density at radius 1 is 0.617 bits per heavy atom. The lowest BCUT2D eigenvalue weighted by molar-refractivity contribution is -0.159. The fraction of sp³-hybridized carbons (Fsp3) is 0.805. The van der Waals surface area contributed by atoms with Crippen LogP contribution in [0.1, 0.15) is 176 Å². The lowest BCUT2D eigenvalue weighted by atomic mass is 9.92. The molecule has 0 aliphatic rings. The van der Waals surface area contributed by atoms with Gasteiger partial charge in [0.25, 0.3) is 0 Å². The van der Waals surface area contributed by atoms with E-state index in [1.54, 1.807) is 0 Å². The summed E-state index contributed by atoms with van der Waals surface area (Å²) >= 11 is 0. The summed E-state index contributed by atoms with van der Waals surface area (Å²) < 4.78 is 23.3. The van der Waals surface area contributed by atoms with Crippen molar-refractivity contribution in [2.75, 3.05) is 19.8 Å². The van der Waals surface area contributed by atoms with Gasteiger partial charge >= 0.3 is 11.9 Å². The van der Waals surface area contributed by atoms with E-state index in [4.69, 9.17) is 18.9 Å². The molecule has 0 aliphatic carbocycles. The summed E-state index contributed by atoms with van der Waals surface area (Å²) in [6.07, 6.45) is 21.0. The molecular formula is C41H72O6. The van der Waals surface area contributed by atoms with Gasteiger partial charge in [-0.25, -0.2) is 0 Å². The SMILES string of the molecule is CCCCCCCC(CCCCC)CCOC(=O)CCCCCCCC(=O)OC(C)(C)CCOC(C)(C)CCOCc1ccccc1. The van der Waals surface area contributed by atoms with Crippen molar-refractivity contribution in [1.29, 1.82) is 0 Å². The lowest BCUT2D eigenvalue weighted by Crippen LogP contribution is -2.33. The van der Waals surface area contributed by atoms with Gasteiger partial charge < -0.3 is 18.9 Å². The Morgan fingerprint density at radius 2 is 1.17 bits per heavy atom. The average molecular weight is 661 g/mol. The third kappa shape index (κ3) is 25.7. The highest BCUT2D eigenvalue weighted by Gasteiger charge is 2.25. The van der Waals surface area contributed by atoms with Gasteiger partial charge in [-0.1, -0.05) is 128 Å². The molecule has 0 heterocycles. The normalized spacial score (nSPS) is 12.6. The molecule has 0 saturated carbocycles. The van der Waals surface area contributed by atoms with Gasteiger partial charge in [0.2, 0.25) is 0 Å². The van der Waals surface area contributed by atoms with Crippen LogP contribution in [0, 0.1) is 5.92 Å². The topological polar surface area (TPSA) is 71.1 Å². The second kappa shape index (κ2) is 27.0. The van der Waals surface area contributed by atoms with Gasteiger partial charge in [-0.3, -0.25) is 9.59 Å². The van der Waals surface area contributed by atoms with E-state index < -0.39 is 5.60 Å². The fourth-order valence-electron chi connectivity index (χ4n) is 5.77. The Balaban J connectivity index is 2.09. The first kappa shape index (κ1) is 43.1. The Bertz CT molecular complexity index is 896. The number of hydrogen-bond donors (Lipinski definition) is 0. The maximum atomic E-state index is 12.5. The number of hydrogen-bond acceptors (Lipinski definition) is 6. The molecule has 47 heavy (non-hydrogen) atoms. The van der Waals surface area contributed by atoms with Gasteiger partial charge in [0.05, 0.1) is 25.4 Å². The maximum absolute atomic E-state index is 12.5. The van der Waals surface area contributed by atoms with Crippen LogP contribution in [-0.4, -0.2) is 43.0 Å². The molecule has 0 fully saturated rings. The molecule has 0 saturated heterocycles. The van der Waals surface area contributed by atoms with Crippen molar-refractivity contribution >= 4 is 11.9 Å². The van der Waals surface area contributed by atoms with Crippen molar-refractivity contribution in [2.24, 2.45) is 5.92 Å². The number of esters is 2. The quantitative estimate of drug-likeness (QED) is 0.0583. The Kier molecular flexibility index (Phi) is 24.7. The summed E-state index contributed by atoms with van der Waals surface area (Å²) in [4.78, 5) is 24.7. The van der Waals surface area contributed by atoms with Crippen LogP contribution in [0.15, 0.2) is 30.3 Å². The molecule has 0 spiro atoms. The van der Waals surface area contributed by atoms with Crippen LogP contribution in [0.25, 0.3) is 0 Å². The molecule has 0 radical (unpaired) electrons. The first-order valence-electron chi connectivity index (χ1n) is 19.2. The molecule has 0 bridgehead atoms. The zero-order valence-electron chi connectivity index (χ0n) is 31.4. The molecule has 0 N–H and O–H groups in total. The standard InChI is InChI=1S/C41H72O6/c1-7-9-11-13-18-24-36(23-17-10-8-2)29-32-45-38(42)27-21-14-12-15-22-28-39(43)47-41(5,6)31-34-46-40(3,4)30-33-44-35-37-25-19-16-20-26-37/h16,19-20,25-26,36H,7-15,17-18,21-24,27-35H2,1-6H3. The van der Waals surface area contributed by atoms with E-state index in [9.17, 15) is 9.59 Å². The largest absolute Gasteiger partial charge is 0.466 e. The van der Waals surface area contributed by atoms with Crippen LogP contribution in [0.4, 0.5) is 0 Å². The van der Waals surface area contributed by atoms with Crippen molar-refractivity contribution in [1.82, 2.24) is 0 Å². The van der Waals surface area contributed by atoms with Gasteiger partial charge in [0.1, 0.15) is 5.60 Å². The lowest BCUT2D eigenvalue weighted by Gasteiger charge is -2.29. The Morgan fingerprint density at radius 3 is 1.85 bits per heavy atom. The zero-order chi connectivity index (χ0) is 34.6. The van der Waals surface area contributed by atoms with E-state index >= 15 is 0 Å². The van der Waals surface area contributed by atoms with Crippen LogP contribution in [0.3, 0.4) is 0 Å². The Labute approximate surface area is 289 Å². The molecular weight excluding hydrogens is 588 g/mol. The summed E-state index contributed by atoms with van der Waals surface area (Å²) in [5.74, 6) is 0.478. The molecule has 1 aromatic carbocycles. The summed E-state index contributed by atoms with van der Waals surface area (Å²) in [5.41, 5.74) is 0.293. The molecule has 1 aromatic rings. The molecule has 272 valence electrons. The van der Waals surface area contributed by atoms with Crippen molar-refractivity contribution in [3.05, 3.63) is 35.9 Å². The summed E-state index contributed by atoms with van der Waals surface area (Å²) in [5, 5.41) is 0. The van der Waals surface area contributed by atoms with E-state index in [1.807, 2.05) is 32.0 Å². The molecule has 0 aliphatic heterocycles. The number of carbonyl (C=O) groups excluding carboxylic acids is 2. The minimum Gasteiger partial charge on any atom is -0.466 e. The fourth-order valence-corrected chi connectivity index (χ4v) is 5.77. The van der Waals surface area contributed by atoms with E-state index in [0.717, 1.165) is 44.9 Å². The maximum Gasteiger partial charge on any atom is 0.306 e. The number of carbonyl (C=O) groups is 2. The molecule has 1 unspecified atom stereocenters. The van der Waals surface area contributed by atoms with Crippen LogP contribution in [-0.2, 0) is 35.1 Å². The summed E-state index contributed by atoms with van der Waals surface area (Å²) in [6, 6.07) is 10.2. The number of unbranched alkanes of at least 4 members (excludes halogenated alkanes) is 10. The minimum absolute atomic E-state index is 0.0603. The molecule has 0 amide bonds. The smallest absolute Gasteiger partial charge is 0.306 e. The first-order chi connectivity index (χ1) is 22.6. The highest BCUT2D eigenvalue weighted by Crippen LogP contribution is 2.23. The highest BCUT2D eigenvalue weighted by atomic mass is 16.6.